The normalized spacial score (nSPS) is 15.1. The van der Waals surface area contributed by atoms with Gasteiger partial charge in [0.15, 0.2) is 5.96 Å². The van der Waals surface area contributed by atoms with Gasteiger partial charge in [0.2, 0.25) is 5.95 Å². The molecule has 1 saturated heterocycles. The van der Waals surface area contributed by atoms with Crippen molar-refractivity contribution in [1.82, 2.24) is 25.5 Å². The molecule has 0 saturated carbocycles. The lowest BCUT2D eigenvalue weighted by atomic mass is 10.2. The molecule has 1 aromatic heterocycles. The van der Waals surface area contributed by atoms with E-state index in [-0.39, 0.29) is 0 Å². The van der Waals surface area contributed by atoms with E-state index in [0.717, 1.165) is 63.5 Å². The van der Waals surface area contributed by atoms with Crippen molar-refractivity contribution in [1.29, 1.82) is 0 Å². The number of aryl methyl sites for hydroxylation is 1. The molecule has 2 N–H and O–H groups in total. The summed E-state index contributed by atoms with van der Waals surface area (Å²) < 4.78 is 5.77. The zero-order chi connectivity index (χ0) is 21.0. The van der Waals surface area contributed by atoms with E-state index in [2.05, 4.69) is 56.4 Å². The fourth-order valence-corrected chi connectivity index (χ4v) is 3.24. The average molecular weight is 412 g/mol. The lowest BCUT2D eigenvalue weighted by Gasteiger charge is -2.34. The van der Waals surface area contributed by atoms with Crippen molar-refractivity contribution in [3.8, 4) is 5.75 Å². The Labute approximate surface area is 179 Å². The summed E-state index contributed by atoms with van der Waals surface area (Å²) in [6.45, 7) is 11.9. The second-order valence-electron chi connectivity index (χ2n) is 7.23. The first-order chi connectivity index (χ1) is 14.7. The maximum atomic E-state index is 5.77. The molecule has 0 spiro atoms. The number of rotatable bonds is 9. The van der Waals surface area contributed by atoms with Gasteiger partial charge in [-0.1, -0.05) is 17.7 Å². The van der Waals surface area contributed by atoms with Gasteiger partial charge in [0, 0.05) is 51.7 Å². The molecule has 1 aliphatic heterocycles. The van der Waals surface area contributed by atoms with Crippen LogP contribution in [0.1, 0.15) is 12.5 Å². The molecule has 0 amide bonds. The van der Waals surface area contributed by atoms with Crippen LogP contribution in [0.15, 0.2) is 47.7 Å². The third-order valence-electron chi connectivity index (χ3n) is 4.92. The molecule has 2 heterocycles. The Morgan fingerprint density at radius 2 is 1.80 bits per heavy atom. The number of aliphatic imine (C=N–C) groups is 1. The van der Waals surface area contributed by atoms with E-state index in [4.69, 9.17) is 9.73 Å². The second kappa shape index (κ2) is 12.0. The average Bonchev–Trinajstić information content (AvgIpc) is 2.79. The summed E-state index contributed by atoms with van der Waals surface area (Å²) >= 11 is 0. The molecular formula is C22H33N7O. The molecular weight excluding hydrogens is 378 g/mol. The number of nitrogens with zero attached hydrogens (tertiary/aromatic N) is 5. The van der Waals surface area contributed by atoms with Crippen LogP contribution in [0.2, 0.25) is 0 Å². The molecule has 1 fully saturated rings. The lowest BCUT2D eigenvalue weighted by Crippen LogP contribution is -2.48. The van der Waals surface area contributed by atoms with Crippen LogP contribution in [0, 0.1) is 6.92 Å². The summed E-state index contributed by atoms with van der Waals surface area (Å²) in [4.78, 5) is 18.1. The maximum absolute atomic E-state index is 5.77. The van der Waals surface area contributed by atoms with E-state index in [1.54, 1.807) is 12.4 Å². The van der Waals surface area contributed by atoms with Gasteiger partial charge in [-0.2, -0.15) is 0 Å². The Kier molecular flexibility index (Phi) is 8.71. The van der Waals surface area contributed by atoms with Gasteiger partial charge in [-0.15, -0.1) is 0 Å². The topological polar surface area (TPSA) is 77.9 Å². The summed E-state index contributed by atoms with van der Waals surface area (Å²) in [7, 11) is 0. The van der Waals surface area contributed by atoms with Crippen LogP contribution in [-0.4, -0.2) is 79.8 Å². The third-order valence-corrected chi connectivity index (χ3v) is 4.92. The predicted octanol–water partition coefficient (Wildman–Crippen LogP) is 1.54. The molecule has 3 rings (SSSR count). The second-order valence-corrected chi connectivity index (χ2v) is 7.23. The van der Waals surface area contributed by atoms with Crippen LogP contribution >= 0.6 is 0 Å². The van der Waals surface area contributed by atoms with Crippen molar-refractivity contribution < 1.29 is 4.74 Å². The van der Waals surface area contributed by atoms with Crippen LogP contribution in [0.25, 0.3) is 0 Å². The number of anilines is 1. The number of nitrogens with one attached hydrogen (secondary N) is 2. The minimum atomic E-state index is 0.594. The fraction of sp³-hybridized carbons (Fsp3) is 0.500. The largest absolute Gasteiger partial charge is 0.492 e. The van der Waals surface area contributed by atoms with E-state index in [1.807, 2.05) is 18.2 Å². The first-order valence-corrected chi connectivity index (χ1v) is 10.7. The predicted molar refractivity (Wildman–Crippen MR) is 121 cm³/mol. The van der Waals surface area contributed by atoms with Gasteiger partial charge in [-0.3, -0.25) is 9.89 Å². The van der Waals surface area contributed by atoms with Crippen LogP contribution in [-0.2, 0) is 0 Å². The molecule has 0 unspecified atom stereocenters. The molecule has 0 aliphatic carbocycles. The number of ether oxygens (including phenoxy) is 1. The highest BCUT2D eigenvalue weighted by molar-refractivity contribution is 5.79. The Morgan fingerprint density at radius 1 is 1.07 bits per heavy atom. The van der Waals surface area contributed by atoms with Gasteiger partial charge in [0.25, 0.3) is 0 Å². The minimum Gasteiger partial charge on any atom is -0.492 e. The van der Waals surface area contributed by atoms with Gasteiger partial charge < -0.3 is 20.3 Å². The fourth-order valence-electron chi connectivity index (χ4n) is 3.24. The quantitative estimate of drug-likeness (QED) is 0.368. The SMILES string of the molecule is CCNC(=NCCN1CCN(c2ncccn2)CC1)NCCOc1ccc(C)cc1. The summed E-state index contributed by atoms with van der Waals surface area (Å²) in [5, 5.41) is 6.63. The van der Waals surface area contributed by atoms with Crippen molar-refractivity contribution in [2.45, 2.75) is 13.8 Å². The number of piperazine rings is 1. The molecule has 30 heavy (non-hydrogen) atoms. The molecule has 2 aromatic rings. The summed E-state index contributed by atoms with van der Waals surface area (Å²) in [5.41, 5.74) is 1.23. The Bertz CT molecular complexity index is 759. The number of guanidine groups is 1. The summed E-state index contributed by atoms with van der Waals surface area (Å²) in [6, 6.07) is 9.96. The molecule has 0 atom stereocenters. The number of benzene rings is 1. The van der Waals surface area contributed by atoms with E-state index in [0.29, 0.717) is 13.2 Å². The van der Waals surface area contributed by atoms with Crippen molar-refractivity contribution in [2.75, 3.05) is 63.9 Å². The van der Waals surface area contributed by atoms with Crippen molar-refractivity contribution in [3.63, 3.8) is 0 Å². The van der Waals surface area contributed by atoms with Crippen molar-refractivity contribution in [2.24, 2.45) is 4.99 Å². The Morgan fingerprint density at radius 3 is 2.50 bits per heavy atom. The van der Waals surface area contributed by atoms with E-state index >= 15 is 0 Å². The van der Waals surface area contributed by atoms with Crippen LogP contribution in [0.3, 0.4) is 0 Å². The monoisotopic (exact) mass is 411 g/mol. The van der Waals surface area contributed by atoms with Crippen LogP contribution in [0.5, 0.6) is 5.75 Å². The number of aromatic nitrogens is 2. The number of hydrogen-bond donors (Lipinski definition) is 2. The zero-order valence-corrected chi connectivity index (χ0v) is 18.0. The molecule has 0 bridgehead atoms. The molecule has 8 nitrogen and oxygen atoms in total. The Balaban J connectivity index is 1.34. The van der Waals surface area contributed by atoms with E-state index in [9.17, 15) is 0 Å². The highest BCUT2D eigenvalue weighted by atomic mass is 16.5. The highest BCUT2D eigenvalue weighted by Gasteiger charge is 2.18. The van der Waals surface area contributed by atoms with Gasteiger partial charge in [-0.25, -0.2) is 9.97 Å². The molecule has 8 heteroatoms. The van der Waals surface area contributed by atoms with Gasteiger partial charge in [-0.05, 0) is 32.0 Å². The summed E-state index contributed by atoms with van der Waals surface area (Å²) in [6.07, 6.45) is 3.59. The van der Waals surface area contributed by atoms with E-state index in [1.165, 1.54) is 5.56 Å². The third kappa shape index (κ3) is 7.18. The number of hydrogen-bond acceptors (Lipinski definition) is 6. The lowest BCUT2D eigenvalue weighted by molar-refractivity contribution is 0.263. The van der Waals surface area contributed by atoms with Gasteiger partial charge in [0.05, 0.1) is 13.1 Å². The van der Waals surface area contributed by atoms with E-state index < -0.39 is 0 Å². The van der Waals surface area contributed by atoms with Crippen molar-refractivity contribution in [3.05, 3.63) is 48.3 Å². The van der Waals surface area contributed by atoms with Gasteiger partial charge >= 0.3 is 0 Å². The Hall–Kier alpha value is -2.87. The molecule has 0 radical (unpaired) electrons. The first-order valence-electron chi connectivity index (χ1n) is 10.7. The molecule has 162 valence electrons. The minimum absolute atomic E-state index is 0.594. The smallest absolute Gasteiger partial charge is 0.225 e. The van der Waals surface area contributed by atoms with Crippen LogP contribution < -0.4 is 20.3 Å². The highest BCUT2D eigenvalue weighted by Crippen LogP contribution is 2.11. The standard InChI is InChI=1S/C22H33N7O/c1-3-23-21(25-12-18-30-20-7-5-19(2)6-8-20)24-11-13-28-14-16-29(17-15-28)22-26-9-4-10-27-22/h4-10H,3,11-18H2,1-2H3,(H2,23,24,25). The van der Waals surface area contributed by atoms with Crippen molar-refractivity contribution >= 4 is 11.9 Å². The zero-order valence-electron chi connectivity index (χ0n) is 18.0. The van der Waals surface area contributed by atoms with Gasteiger partial charge in [0.1, 0.15) is 12.4 Å². The van der Waals surface area contributed by atoms with Crippen LogP contribution in [0.4, 0.5) is 5.95 Å². The molecule has 1 aromatic carbocycles. The summed E-state index contributed by atoms with van der Waals surface area (Å²) in [5.74, 6) is 2.55. The first kappa shape index (κ1) is 21.8. The molecule has 1 aliphatic rings. The maximum Gasteiger partial charge on any atom is 0.225 e.